The van der Waals surface area contributed by atoms with Crippen LogP contribution in [0.25, 0.3) is 0 Å². The van der Waals surface area contributed by atoms with Crippen LogP contribution in [0.5, 0.6) is 0 Å². The lowest BCUT2D eigenvalue weighted by Crippen LogP contribution is -2.36. The van der Waals surface area contributed by atoms with Gasteiger partial charge in [0.15, 0.2) is 0 Å². The Morgan fingerprint density at radius 2 is 2.04 bits per heavy atom. The van der Waals surface area contributed by atoms with Crippen LogP contribution in [0.1, 0.15) is 23.7 Å². The first-order valence-electron chi connectivity index (χ1n) is 6.90. The maximum absolute atomic E-state index is 11.8. The minimum atomic E-state index is -0.849. The molecule has 1 aromatic heterocycles. The summed E-state index contributed by atoms with van der Waals surface area (Å²) in [5, 5.41) is 27.3. The van der Waals surface area contributed by atoms with E-state index in [1.807, 2.05) is 22.9 Å². The van der Waals surface area contributed by atoms with Gasteiger partial charge in [0.05, 0.1) is 17.4 Å². The number of amides is 2. The van der Waals surface area contributed by atoms with Gasteiger partial charge in [0.2, 0.25) is 0 Å². The Morgan fingerprint density at radius 3 is 2.74 bits per heavy atom. The highest BCUT2D eigenvalue weighted by Gasteiger charge is 2.15. The molecule has 1 heterocycles. The number of hydrogen-bond acceptors (Lipinski definition) is 5. The van der Waals surface area contributed by atoms with Gasteiger partial charge in [-0.15, -0.1) is 0 Å². The average molecular weight is 329 g/mol. The fourth-order valence-electron chi connectivity index (χ4n) is 1.90. The molecule has 1 atom stereocenters. The normalized spacial score (nSPS) is 11.3. The molecule has 0 fully saturated rings. The number of aliphatic hydroxyl groups is 1. The first-order chi connectivity index (χ1) is 11.1. The number of nitriles is 1. The number of rotatable bonds is 5. The summed E-state index contributed by atoms with van der Waals surface area (Å²) in [5.74, 6) is -1.66. The summed E-state index contributed by atoms with van der Waals surface area (Å²) in [6.07, 6.45) is -0.367. The summed E-state index contributed by atoms with van der Waals surface area (Å²) in [6, 6.07) is 10.2. The number of carbonyl (C=O) groups excluding carboxylic acids is 2. The van der Waals surface area contributed by atoms with Gasteiger partial charge in [-0.2, -0.15) is 16.6 Å². The highest BCUT2D eigenvalue weighted by atomic mass is 32.1. The first kappa shape index (κ1) is 16.7. The molecule has 7 heteroatoms. The van der Waals surface area contributed by atoms with Gasteiger partial charge in [-0.3, -0.25) is 9.59 Å². The molecular weight excluding hydrogens is 314 g/mol. The molecule has 0 aliphatic heterocycles. The van der Waals surface area contributed by atoms with Crippen molar-refractivity contribution < 1.29 is 14.7 Å². The van der Waals surface area contributed by atoms with Crippen LogP contribution in [-0.4, -0.2) is 23.5 Å². The van der Waals surface area contributed by atoms with Gasteiger partial charge in [-0.1, -0.05) is 12.1 Å². The zero-order chi connectivity index (χ0) is 16.7. The van der Waals surface area contributed by atoms with Gasteiger partial charge < -0.3 is 15.7 Å². The van der Waals surface area contributed by atoms with Crippen molar-refractivity contribution >= 4 is 28.8 Å². The third-order valence-corrected chi connectivity index (χ3v) is 3.83. The Bertz CT molecular complexity index is 722. The largest absolute Gasteiger partial charge is 0.388 e. The quantitative estimate of drug-likeness (QED) is 0.728. The van der Waals surface area contributed by atoms with Crippen molar-refractivity contribution in [3.05, 3.63) is 52.2 Å². The van der Waals surface area contributed by atoms with Crippen molar-refractivity contribution in [2.24, 2.45) is 0 Å². The number of para-hydroxylation sites is 1. The van der Waals surface area contributed by atoms with Crippen LogP contribution in [-0.2, 0) is 9.59 Å². The number of nitrogens with one attached hydrogen (secondary N) is 2. The van der Waals surface area contributed by atoms with Crippen molar-refractivity contribution in [3.8, 4) is 6.07 Å². The SMILES string of the molecule is N#Cc1ccccc1NC(=O)C(=O)NCC[C@@H](O)c1ccsc1. The molecule has 1 aromatic carbocycles. The van der Waals surface area contributed by atoms with Gasteiger partial charge >= 0.3 is 11.8 Å². The average Bonchev–Trinajstić information content (AvgIpc) is 3.09. The standard InChI is InChI=1S/C16H15N3O3S/c17-9-11-3-1-2-4-13(11)19-16(22)15(21)18-7-5-14(20)12-6-8-23-10-12/h1-4,6,8,10,14,20H,5,7H2,(H,18,21)(H,19,22)/t14-/m1/s1. The topological polar surface area (TPSA) is 102 Å². The van der Waals surface area contributed by atoms with Crippen LogP contribution in [0, 0.1) is 11.3 Å². The second-order valence-corrected chi connectivity index (χ2v) is 5.51. The lowest BCUT2D eigenvalue weighted by molar-refractivity contribution is -0.136. The van der Waals surface area contributed by atoms with Crippen LogP contribution < -0.4 is 10.6 Å². The first-order valence-corrected chi connectivity index (χ1v) is 7.84. The van der Waals surface area contributed by atoms with E-state index < -0.39 is 17.9 Å². The lowest BCUT2D eigenvalue weighted by Gasteiger charge is -2.10. The minimum Gasteiger partial charge on any atom is -0.388 e. The van der Waals surface area contributed by atoms with E-state index in [2.05, 4.69) is 10.6 Å². The van der Waals surface area contributed by atoms with Crippen LogP contribution in [0.3, 0.4) is 0 Å². The monoisotopic (exact) mass is 329 g/mol. The maximum atomic E-state index is 11.8. The molecule has 0 saturated heterocycles. The van der Waals surface area contributed by atoms with Crippen LogP contribution >= 0.6 is 11.3 Å². The number of hydrogen-bond donors (Lipinski definition) is 3. The fourth-order valence-corrected chi connectivity index (χ4v) is 2.61. The highest BCUT2D eigenvalue weighted by molar-refractivity contribution is 7.07. The van der Waals surface area contributed by atoms with E-state index in [0.29, 0.717) is 6.42 Å². The second kappa shape index (κ2) is 8.08. The Kier molecular flexibility index (Phi) is 5.86. The molecule has 23 heavy (non-hydrogen) atoms. The predicted octanol–water partition coefficient (Wildman–Crippen LogP) is 1.80. The number of benzene rings is 1. The number of anilines is 1. The van der Waals surface area contributed by atoms with Crippen molar-refractivity contribution in [1.82, 2.24) is 5.32 Å². The van der Waals surface area contributed by atoms with Crippen molar-refractivity contribution in [2.75, 3.05) is 11.9 Å². The summed E-state index contributed by atoms with van der Waals surface area (Å²) >= 11 is 1.48. The summed E-state index contributed by atoms with van der Waals surface area (Å²) in [7, 11) is 0. The van der Waals surface area contributed by atoms with Crippen LogP contribution in [0.4, 0.5) is 5.69 Å². The molecule has 6 nitrogen and oxygen atoms in total. The third kappa shape index (κ3) is 4.64. The Labute approximate surface area is 137 Å². The van der Waals surface area contributed by atoms with E-state index >= 15 is 0 Å². The van der Waals surface area contributed by atoms with Crippen molar-refractivity contribution in [2.45, 2.75) is 12.5 Å². The Hall–Kier alpha value is -2.69. The lowest BCUT2D eigenvalue weighted by atomic mass is 10.1. The molecule has 0 bridgehead atoms. The molecule has 0 aliphatic rings. The minimum absolute atomic E-state index is 0.170. The molecule has 0 spiro atoms. The summed E-state index contributed by atoms with van der Waals surface area (Å²) in [5.41, 5.74) is 1.35. The van der Waals surface area contributed by atoms with Gasteiger partial charge in [0, 0.05) is 6.54 Å². The molecule has 3 N–H and O–H groups in total. The van der Waals surface area contributed by atoms with Crippen molar-refractivity contribution in [1.29, 1.82) is 5.26 Å². The molecule has 118 valence electrons. The van der Waals surface area contributed by atoms with Gasteiger partial charge in [0.1, 0.15) is 6.07 Å². The zero-order valence-electron chi connectivity index (χ0n) is 12.2. The maximum Gasteiger partial charge on any atom is 0.313 e. The summed E-state index contributed by atoms with van der Waals surface area (Å²) in [6.45, 7) is 0.170. The third-order valence-electron chi connectivity index (χ3n) is 3.13. The molecular formula is C16H15N3O3S. The summed E-state index contributed by atoms with van der Waals surface area (Å²) < 4.78 is 0. The Balaban J connectivity index is 1.81. The van der Waals surface area contributed by atoms with Gasteiger partial charge in [-0.25, -0.2) is 0 Å². The number of aliphatic hydroxyl groups excluding tert-OH is 1. The zero-order valence-corrected chi connectivity index (χ0v) is 13.0. The fraction of sp³-hybridized carbons (Fsp3) is 0.188. The second-order valence-electron chi connectivity index (χ2n) is 4.73. The highest BCUT2D eigenvalue weighted by Crippen LogP contribution is 2.18. The Morgan fingerprint density at radius 1 is 1.26 bits per heavy atom. The molecule has 2 aromatic rings. The number of nitrogens with zero attached hydrogens (tertiary/aromatic N) is 1. The number of thiophene rings is 1. The number of carbonyl (C=O) groups is 2. The molecule has 0 saturated carbocycles. The molecule has 2 amide bonds. The van der Waals surface area contributed by atoms with Gasteiger partial charge in [-0.05, 0) is 40.9 Å². The summed E-state index contributed by atoms with van der Waals surface area (Å²) in [4.78, 5) is 23.5. The van der Waals surface area contributed by atoms with E-state index in [1.165, 1.54) is 11.3 Å². The van der Waals surface area contributed by atoms with E-state index in [1.54, 1.807) is 24.3 Å². The van der Waals surface area contributed by atoms with E-state index in [4.69, 9.17) is 5.26 Å². The smallest absolute Gasteiger partial charge is 0.313 e. The van der Waals surface area contributed by atoms with E-state index in [9.17, 15) is 14.7 Å². The predicted molar refractivity (Wildman–Crippen MR) is 86.7 cm³/mol. The molecule has 0 radical (unpaired) electrons. The van der Waals surface area contributed by atoms with Crippen LogP contribution in [0.2, 0.25) is 0 Å². The van der Waals surface area contributed by atoms with Gasteiger partial charge in [0.25, 0.3) is 0 Å². The van der Waals surface area contributed by atoms with E-state index in [-0.39, 0.29) is 17.8 Å². The molecule has 2 rings (SSSR count). The molecule has 0 aliphatic carbocycles. The molecule has 0 unspecified atom stereocenters. The van der Waals surface area contributed by atoms with E-state index in [0.717, 1.165) is 5.56 Å². The van der Waals surface area contributed by atoms with Crippen molar-refractivity contribution in [3.63, 3.8) is 0 Å². The van der Waals surface area contributed by atoms with Crippen LogP contribution in [0.15, 0.2) is 41.1 Å².